The maximum Gasteiger partial charge on any atom is 0.273 e. The van der Waals surface area contributed by atoms with Crippen molar-refractivity contribution in [1.82, 2.24) is 24.9 Å². The van der Waals surface area contributed by atoms with Crippen LogP contribution in [0.1, 0.15) is 16.8 Å². The summed E-state index contributed by atoms with van der Waals surface area (Å²) in [6.07, 6.45) is 7.66. The molecular formula is C18H22N8O2. The third-order valence-corrected chi connectivity index (χ3v) is 3.97. The Hall–Kier alpha value is -3.82. The number of carbonyl (C=O) groups is 1. The number of benzene rings is 1. The maximum absolute atomic E-state index is 12.4. The highest BCUT2D eigenvalue weighted by Gasteiger charge is 2.13. The molecule has 1 amide bonds. The summed E-state index contributed by atoms with van der Waals surface area (Å²) in [6, 6.07) is 6.91. The number of amides is 1. The predicted octanol–water partition coefficient (Wildman–Crippen LogP) is 1.52. The van der Waals surface area contributed by atoms with Crippen LogP contribution < -0.4 is 26.6 Å². The molecule has 0 aliphatic rings. The average molecular weight is 382 g/mol. The van der Waals surface area contributed by atoms with Crippen LogP contribution in [0.3, 0.4) is 0 Å². The molecule has 0 bridgehead atoms. The number of nitrogens with zero attached hydrogens (tertiary/aromatic N) is 4. The number of aryl methyl sites for hydroxylation is 1. The van der Waals surface area contributed by atoms with Gasteiger partial charge in [-0.3, -0.25) is 15.6 Å². The van der Waals surface area contributed by atoms with Crippen molar-refractivity contribution < 1.29 is 9.53 Å². The van der Waals surface area contributed by atoms with Crippen LogP contribution in [0.15, 0.2) is 49.3 Å². The van der Waals surface area contributed by atoms with Crippen molar-refractivity contribution in [2.24, 2.45) is 0 Å². The zero-order valence-electron chi connectivity index (χ0n) is 15.4. The minimum atomic E-state index is -0.370. The molecule has 0 radical (unpaired) electrons. The normalized spacial score (nSPS) is 10.3. The minimum Gasteiger partial charge on any atom is -0.496 e. The van der Waals surface area contributed by atoms with E-state index in [1.807, 2.05) is 10.8 Å². The van der Waals surface area contributed by atoms with E-state index >= 15 is 0 Å². The molecule has 0 aliphatic carbocycles. The standard InChI is InChI=1S/C18H22N8O2/c1-28-14-6-3-2-5-13(14)18(27)25-24-17-15(19)16(22-11-23-17)21-7-4-9-26-10-8-20-12-26/h2-3,5-6,8,10-12H,4,7,9,19H2,1H3,(H,25,27)(H2,21,22,23,24). The van der Waals surface area contributed by atoms with E-state index in [4.69, 9.17) is 10.5 Å². The molecule has 1 aromatic carbocycles. The fraction of sp³-hybridized carbons (Fsp3) is 0.222. The largest absolute Gasteiger partial charge is 0.496 e. The second-order valence-corrected chi connectivity index (χ2v) is 5.84. The van der Waals surface area contributed by atoms with Crippen molar-refractivity contribution in [3.8, 4) is 5.75 Å². The Labute approximate surface area is 162 Å². The number of ether oxygens (including phenoxy) is 1. The first kappa shape index (κ1) is 19.0. The van der Waals surface area contributed by atoms with Crippen LogP contribution in [0.25, 0.3) is 0 Å². The average Bonchev–Trinajstić information content (AvgIpc) is 3.24. The second-order valence-electron chi connectivity index (χ2n) is 5.84. The maximum atomic E-state index is 12.4. The van der Waals surface area contributed by atoms with Gasteiger partial charge in [0.1, 0.15) is 17.8 Å². The van der Waals surface area contributed by atoms with Gasteiger partial charge in [0.25, 0.3) is 5.91 Å². The summed E-state index contributed by atoms with van der Waals surface area (Å²) in [5, 5.41) is 3.17. The van der Waals surface area contributed by atoms with Crippen LogP contribution in [0.2, 0.25) is 0 Å². The summed E-state index contributed by atoms with van der Waals surface area (Å²) in [5.74, 6) is 0.896. The quantitative estimate of drug-likeness (QED) is 0.323. The molecule has 0 saturated carbocycles. The van der Waals surface area contributed by atoms with Crippen LogP contribution in [-0.2, 0) is 6.54 Å². The van der Waals surface area contributed by atoms with Gasteiger partial charge in [0.2, 0.25) is 0 Å². The number of para-hydroxylation sites is 1. The van der Waals surface area contributed by atoms with Gasteiger partial charge in [0.05, 0.1) is 19.0 Å². The number of nitrogen functional groups attached to an aromatic ring is 1. The smallest absolute Gasteiger partial charge is 0.273 e. The van der Waals surface area contributed by atoms with E-state index in [2.05, 4.69) is 31.1 Å². The lowest BCUT2D eigenvalue weighted by Crippen LogP contribution is -2.30. The third-order valence-electron chi connectivity index (χ3n) is 3.97. The van der Waals surface area contributed by atoms with E-state index in [0.29, 0.717) is 35.2 Å². The summed E-state index contributed by atoms with van der Waals surface area (Å²) >= 11 is 0. The van der Waals surface area contributed by atoms with Crippen molar-refractivity contribution >= 4 is 23.2 Å². The molecule has 0 spiro atoms. The van der Waals surface area contributed by atoms with Crippen molar-refractivity contribution in [2.75, 3.05) is 30.1 Å². The monoisotopic (exact) mass is 382 g/mol. The highest BCUT2D eigenvalue weighted by molar-refractivity contribution is 5.97. The highest BCUT2D eigenvalue weighted by Crippen LogP contribution is 2.22. The molecule has 10 heteroatoms. The molecule has 0 atom stereocenters. The van der Waals surface area contributed by atoms with Gasteiger partial charge in [0, 0.05) is 25.5 Å². The molecule has 146 valence electrons. The first-order valence-corrected chi connectivity index (χ1v) is 8.68. The highest BCUT2D eigenvalue weighted by atomic mass is 16.5. The fourth-order valence-electron chi connectivity index (χ4n) is 2.54. The number of nitrogens with one attached hydrogen (secondary N) is 3. The number of carbonyl (C=O) groups excluding carboxylic acids is 1. The Morgan fingerprint density at radius 1 is 1.25 bits per heavy atom. The van der Waals surface area contributed by atoms with Crippen molar-refractivity contribution in [3.05, 3.63) is 54.9 Å². The molecule has 0 saturated heterocycles. The van der Waals surface area contributed by atoms with E-state index in [9.17, 15) is 4.79 Å². The van der Waals surface area contributed by atoms with Crippen LogP contribution in [0.4, 0.5) is 17.3 Å². The molecule has 0 aliphatic heterocycles. The molecule has 2 heterocycles. The summed E-state index contributed by atoms with van der Waals surface area (Å²) in [5.41, 5.74) is 12.1. The summed E-state index contributed by atoms with van der Waals surface area (Å²) in [4.78, 5) is 24.6. The first-order valence-electron chi connectivity index (χ1n) is 8.68. The van der Waals surface area contributed by atoms with Gasteiger partial charge in [-0.25, -0.2) is 15.0 Å². The number of aromatic nitrogens is 4. The molecule has 28 heavy (non-hydrogen) atoms. The van der Waals surface area contributed by atoms with Crippen molar-refractivity contribution in [1.29, 1.82) is 0 Å². The number of rotatable bonds is 9. The molecule has 3 rings (SSSR count). The van der Waals surface area contributed by atoms with Crippen LogP contribution >= 0.6 is 0 Å². The Morgan fingerprint density at radius 2 is 2.07 bits per heavy atom. The van der Waals surface area contributed by atoms with E-state index in [1.165, 1.54) is 13.4 Å². The summed E-state index contributed by atoms with van der Waals surface area (Å²) in [6.45, 7) is 1.50. The minimum absolute atomic E-state index is 0.301. The van der Waals surface area contributed by atoms with Crippen LogP contribution in [0, 0.1) is 0 Å². The van der Waals surface area contributed by atoms with Gasteiger partial charge in [-0.05, 0) is 18.6 Å². The summed E-state index contributed by atoms with van der Waals surface area (Å²) in [7, 11) is 1.51. The number of methoxy groups -OCH3 is 1. The zero-order chi connectivity index (χ0) is 19.8. The van der Waals surface area contributed by atoms with Crippen molar-refractivity contribution in [2.45, 2.75) is 13.0 Å². The lowest BCUT2D eigenvalue weighted by Gasteiger charge is -2.14. The van der Waals surface area contributed by atoms with Gasteiger partial charge in [-0.2, -0.15) is 0 Å². The number of nitrogens with two attached hydrogens (primary N) is 1. The zero-order valence-corrected chi connectivity index (χ0v) is 15.4. The van der Waals surface area contributed by atoms with Gasteiger partial charge >= 0.3 is 0 Å². The fourth-order valence-corrected chi connectivity index (χ4v) is 2.54. The molecule has 2 aromatic heterocycles. The number of imidazole rings is 1. The second kappa shape index (κ2) is 9.21. The van der Waals surface area contributed by atoms with Gasteiger partial charge in [-0.15, -0.1) is 0 Å². The number of hydrogen-bond donors (Lipinski definition) is 4. The SMILES string of the molecule is COc1ccccc1C(=O)NNc1ncnc(NCCCn2ccnc2)c1N. The van der Waals surface area contributed by atoms with Crippen LogP contribution in [0.5, 0.6) is 5.75 Å². The predicted molar refractivity (Wildman–Crippen MR) is 106 cm³/mol. The Balaban J connectivity index is 1.55. The van der Waals surface area contributed by atoms with E-state index in [1.54, 1.807) is 36.8 Å². The molecular weight excluding hydrogens is 360 g/mol. The molecule has 0 unspecified atom stereocenters. The first-order chi connectivity index (χ1) is 13.7. The van der Waals surface area contributed by atoms with E-state index < -0.39 is 0 Å². The lowest BCUT2D eigenvalue weighted by atomic mass is 10.2. The Kier molecular flexibility index (Phi) is 6.24. The number of hydrazine groups is 1. The topological polar surface area (TPSA) is 132 Å². The van der Waals surface area contributed by atoms with E-state index in [0.717, 1.165) is 13.0 Å². The molecule has 0 fully saturated rings. The molecule has 5 N–H and O–H groups in total. The molecule has 10 nitrogen and oxygen atoms in total. The van der Waals surface area contributed by atoms with Gasteiger partial charge in [0.15, 0.2) is 11.6 Å². The van der Waals surface area contributed by atoms with Crippen molar-refractivity contribution in [3.63, 3.8) is 0 Å². The summed E-state index contributed by atoms with van der Waals surface area (Å²) < 4.78 is 7.18. The van der Waals surface area contributed by atoms with Gasteiger partial charge in [-0.1, -0.05) is 12.1 Å². The van der Waals surface area contributed by atoms with E-state index in [-0.39, 0.29) is 5.91 Å². The lowest BCUT2D eigenvalue weighted by molar-refractivity contribution is 0.0959. The third kappa shape index (κ3) is 4.67. The van der Waals surface area contributed by atoms with Gasteiger partial charge < -0.3 is 20.4 Å². The number of hydrogen-bond acceptors (Lipinski definition) is 8. The Bertz CT molecular complexity index is 914. The number of anilines is 3. The Morgan fingerprint density at radius 3 is 2.86 bits per heavy atom. The molecule has 3 aromatic rings. The van der Waals surface area contributed by atoms with Crippen LogP contribution in [-0.4, -0.2) is 39.1 Å².